The molecule has 0 bridgehead atoms. The van der Waals surface area contributed by atoms with Gasteiger partial charge in [-0.15, -0.1) is 0 Å². The smallest absolute Gasteiger partial charge is 0.325 e. The van der Waals surface area contributed by atoms with Crippen LogP contribution in [0.3, 0.4) is 0 Å². The number of benzene rings is 2. The van der Waals surface area contributed by atoms with Crippen LogP contribution in [0.4, 0.5) is 15.8 Å². The molecule has 0 spiro atoms. The summed E-state index contributed by atoms with van der Waals surface area (Å²) in [5.74, 6) is -1.44. The first kappa shape index (κ1) is 21.8. The number of carbonyl (C=O) groups is 2. The molecule has 1 saturated heterocycles. The van der Waals surface area contributed by atoms with Crippen molar-refractivity contribution in [2.24, 2.45) is 5.92 Å². The standard InChI is InChI=1S/C24H27FN4O3/c1-15(2)23(30)27-17-5-8-21-19(13-17)20(14-26-21)22(24(31)32)29-11-9-28(10-12-29)18-6-3-16(25)4-7-18/h3-8,13-15,22,26H,9-12H2,1-2H3,(H,27,30)(H,31,32)/t22-/m0/s1. The third-order valence-corrected chi connectivity index (χ3v) is 5.91. The Balaban J connectivity index is 1.56. The van der Waals surface area contributed by atoms with Crippen LogP contribution in [0.2, 0.25) is 0 Å². The highest BCUT2D eigenvalue weighted by atomic mass is 19.1. The molecule has 2 heterocycles. The van der Waals surface area contributed by atoms with Crippen molar-refractivity contribution in [3.8, 4) is 0 Å². The quantitative estimate of drug-likeness (QED) is 0.544. The maximum atomic E-state index is 13.2. The van der Waals surface area contributed by atoms with Crippen LogP contribution in [-0.2, 0) is 9.59 Å². The molecule has 2 aromatic carbocycles. The van der Waals surface area contributed by atoms with E-state index in [0.717, 1.165) is 16.6 Å². The lowest BCUT2D eigenvalue weighted by Gasteiger charge is -2.38. The summed E-state index contributed by atoms with van der Waals surface area (Å²) in [5.41, 5.74) is 3.06. The van der Waals surface area contributed by atoms with E-state index in [1.807, 2.05) is 30.9 Å². The maximum Gasteiger partial charge on any atom is 0.325 e. The number of fused-ring (bicyclic) bond motifs is 1. The van der Waals surface area contributed by atoms with Gasteiger partial charge in [-0.05, 0) is 42.5 Å². The van der Waals surface area contributed by atoms with E-state index in [9.17, 15) is 19.1 Å². The SMILES string of the molecule is CC(C)C(=O)Nc1ccc2[nH]cc([C@@H](C(=O)O)N3CCN(c4ccc(F)cc4)CC3)c2c1. The number of nitrogens with zero attached hydrogens (tertiary/aromatic N) is 2. The van der Waals surface area contributed by atoms with Crippen molar-refractivity contribution >= 4 is 34.2 Å². The van der Waals surface area contributed by atoms with Gasteiger partial charge < -0.3 is 20.3 Å². The van der Waals surface area contributed by atoms with Gasteiger partial charge in [0, 0.05) is 66.1 Å². The summed E-state index contributed by atoms with van der Waals surface area (Å²) in [6.07, 6.45) is 1.74. The Kier molecular flexibility index (Phi) is 6.14. The van der Waals surface area contributed by atoms with Crippen molar-refractivity contribution in [1.29, 1.82) is 0 Å². The fourth-order valence-corrected chi connectivity index (χ4v) is 4.11. The topological polar surface area (TPSA) is 88.7 Å². The number of nitrogens with one attached hydrogen (secondary N) is 2. The molecule has 0 unspecified atom stereocenters. The number of amides is 1. The highest BCUT2D eigenvalue weighted by Crippen LogP contribution is 2.32. The number of aromatic nitrogens is 1. The van der Waals surface area contributed by atoms with Crippen LogP contribution in [0, 0.1) is 11.7 Å². The number of carboxylic acids is 1. The van der Waals surface area contributed by atoms with Gasteiger partial charge in [0.25, 0.3) is 0 Å². The van der Waals surface area contributed by atoms with Gasteiger partial charge in [-0.2, -0.15) is 0 Å². The molecule has 4 rings (SSSR count). The summed E-state index contributed by atoms with van der Waals surface area (Å²) in [6.45, 7) is 6.06. The van der Waals surface area contributed by atoms with Crippen molar-refractivity contribution in [2.45, 2.75) is 19.9 Å². The lowest BCUT2D eigenvalue weighted by atomic mass is 10.0. The Morgan fingerprint density at radius 3 is 2.38 bits per heavy atom. The molecule has 1 amide bonds. The molecule has 1 fully saturated rings. The number of carbonyl (C=O) groups excluding carboxylic acids is 1. The minimum atomic E-state index is -0.919. The van der Waals surface area contributed by atoms with E-state index in [4.69, 9.17) is 0 Å². The van der Waals surface area contributed by atoms with E-state index < -0.39 is 12.0 Å². The van der Waals surface area contributed by atoms with Crippen LogP contribution in [0.25, 0.3) is 10.9 Å². The molecule has 8 heteroatoms. The van der Waals surface area contributed by atoms with Crippen LogP contribution >= 0.6 is 0 Å². The van der Waals surface area contributed by atoms with Crippen molar-refractivity contribution < 1.29 is 19.1 Å². The molecule has 1 aliphatic heterocycles. The Bertz CT molecular complexity index is 1120. The summed E-state index contributed by atoms with van der Waals surface area (Å²) in [4.78, 5) is 31.6. The van der Waals surface area contributed by atoms with Crippen molar-refractivity contribution in [2.75, 3.05) is 36.4 Å². The Hall–Kier alpha value is -3.39. The van der Waals surface area contributed by atoms with Crippen LogP contribution in [0.5, 0.6) is 0 Å². The number of piperazine rings is 1. The molecule has 32 heavy (non-hydrogen) atoms. The Morgan fingerprint density at radius 2 is 1.75 bits per heavy atom. The van der Waals surface area contributed by atoms with Crippen LogP contribution < -0.4 is 10.2 Å². The van der Waals surface area contributed by atoms with Crippen LogP contribution in [-0.4, -0.2) is 53.0 Å². The van der Waals surface area contributed by atoms with E-state index in [1.165, 1.54) is 12.1 Å². The highest BCUT2D eigenvalue weighted by molar-refractivity contribution is 5.96. The summed E-state index contributed by atoms with van der Waals surface area (Å²) >= 11 is 0. The molecule has 1 atom stereocenters. The van der Waals surface area contributed by atoms with Gasteiger partial charge in [-0.1, -0.05) is 13.8 Å². The monoisotopic (exact) mass is 438 g/mol. The lowest BCUT2D eigenvalue weighted by Crippen LogP contribution is -2.49. The molecule has 7 nitrogen and oxygen atoms in total. The predicted molar refractivity (Wildman–Crippen MR) is 122 cm³/mol. The van der Waals surface area contributed by atoms with Gasteiger partial charge >= 0.3 is 5.97 Å². The first-order valence-corrected chi connectivity index (χ1v) is 10.7. The fraction of sp³-hybridized carbons (Fsp3) is 0.333. The zero-order chi connectivity index (χ0) is 22.8. The fourth-order valence-electron chi connectivity index (χ4n) is 4.11. The minimum Gasteiger partial charge on any atom is -0.480 e. The molecule has 1 aliphatic rings. The zero-order valence-corrected chi connectivity index (χ0v) is 18.1. The lowest BCUT2D eigenvalue weighted by molar-refractivity contribution is -0.143. The molecule has 3 N–H and O–H groups in total. The zero-order valence-electron chi connectivity index (χ0n) is 18.1. The molecule has 3 aromatic rings. The van der Waals surface area contributed by atoms with Crippen molar-refractivity contribution in [3.05, 3.63) is 60.0 Å². The number of carboxylic acid groups (broad SMARTS) is 1. The van der Waals surface area contributed by atoms with Gasteiger partial charge in [0.05, 0.1) is 0 Å². The van der Waals surface area contributed by atoms with E-state index in [-0.39, 0.29) is 17.6 Å². The highest BCUT2D eigenvalue weighted by Gasteiger charge is 2.32. The predicted octanol–water partition coefficient (Wildman–Crippen LogP) is 3.85. The first-order valence-electron chi connectivity index (χ1n) is 10.7. The average molecular weight is 439 g/mol. The summed E-state index contributed by atoms with van der Waals surface area (Å²) in [7, 11) is 0. The summed E-state index contributed by atoms with van der Waals surface area (Å²) < 4.78 is 13.2. The summed E-state index contributed by atoms with van der Waals surface area (Å²) in [6, 6.07) is 11.0. The molecule has 0 saturated carbocycles. The number of anilines is 2. The number of rotatable bonds is 6. The van der Waals surface area contributed by atoms with Gasteiger partial charge in [-0.25, -0.2) is 4.39 Å². The second-order valence-electron chi connectivity index (χ2n) is 8.39. The molecule has 168 valence electrons. The number of aliphatic carboxylic acids is 1. The van der Waals surface area contributed by atoms with Crippen molar-refractivity contribution in [1.82, 2.24) is 9.88 Å². The van der Waals surface area contributed by atoms with Gasteiger partial charge in [0.1, 0.15) is 11.9 Å². The van der Waals surface area contributed by atoms with E-state index >= 15 is 0 Å². The molecule has 0 aliphatic carbocycles. The number of aromatic amines is 1. The molecule has 0 radical (unpaired) electrons. The molecular weight excluding hydrogens is 411 g/mol. The Labute approximate surface area is 185 Å². The molecular formula is C24H27FN4O3. The number of hydrogen-bond donors (Lipinski definition) is 3. The van der Waals surface area contributed by atoms with Crippen LogP contribution in [0.15, 0.2) is 48.7 Å². The van der Waals surface area contributed by atoms with E-state index in [2.05, 4.69) is 15.2 Å². The number of H-pyrrole nitrogens is 1. The van der Waals surface area contributed by atoms with E-state index in [0.29, 0.717) is 37.4 Å². The number of halogens is 1. The largest absolute Gasteiger partial charge is 0.480 e. The van der Waals surface area contributed by atoms with Gasteiger partial charge in [0.15, 0.2) is 0 Å². The minimum absolute atomic E-state index is 0.0897. The van der Waals surface area contributed by atoms with E-state index in [1.54, 1.807) is 24.4 Å². The second-order valence-corrected chi connectivity index (χ2v) is 8.39. The maximum absolute atomic E-state index is 13.2. The first-order chi connectivity index (χ1) is 15.3. The van der Waals surface area contributed by atoms with Gasteiger partial charge in [-0.3, -0.25) is 14.5 Å². The third kappa shape index (κ3) is 4.45. The Morgan fingerprint density at radius 1 is 1.06 bits per heavy atom. The number of hydrogen-bond acceptors (Lipinski definition) is 4. The molecule has 1 aromatic heterocycles. The van der Waals surface area contributed by atoms with Crippen molar-refractivity contribution in [3.63, 3.8) is 0 Å². The normalized spacial score (nSPS) is 15.8. The average Bonchev–Trinajstić information content (AvgIpc) is 3.17. The second kappa shape index (κ2) is 9.00. The summed E-state index contributed by atoms with van der Waals surface area (Å²) in [5, 5.41) is 13.7. The third-order valence-electron chi connectivity index (χ3n) is 5.91. The van der Waals surface area contributed by atoms with Gasteiger partial charge in [0.2, 0.25) is 5.91 Å². The van der Waals surface area contributed by atoms with Crippen LogP contribution in [0.1, 0.15) is 25.5 Å².